The summed E-state index contributed by atoms with van der Waals surface area (Å²) in [6, 6.07) is 16.0. The molecule has 1 aliphatic heterocycles. The van der Waals surface area contributed by atoms with Gasteiger partial charge in [0.25, 0.3) is 5.91 Å². The molecule has 37 heavy (non-hydrogen) atoms. The standard InChI is InChI=1S/C30H34FN3O3/c1-21-25(30(36)33-18-16-32(17-19-33)29(35)23-8-4-3-5-9-23)20-28(22-12-14-24(37-2)15-13-22)34(21)27-11-7-6-10-26(27)31/h6-7,10-15,20,23H,3-5,8-9,16-19H2,1-2H3. The van der Waals surface area contributed by atoms with Crippen LogP contribution in [0.15, 0.2) is 54.6 Å². The van der Waals surface area contributed by atoms with E-state index >= 15 is 0 Å². The highest BCUT2D eigenvalue weighted by Gasteiger charge is 2.31. The van der Waals surface area contributed by atoms with E-state index in [4.69, 9.17) is 4.74 Å². The quantitative estimate of drug-likeness (QED) is 0.464. The molecule has 0 N–H and O–H groups in total. The third-order valence-electron chi connectivity index (χ3n) is 7.79. The molecule has 0 atom stereocenters. The maximum atomic E-state index is 14.9. The van der Waals surface area contributed by atoms with E-state index in [1.165, 1.54) is 12.5 Å². The number of hydrogen-bond acceptors (Lipinski definition) is 3. The van der Waals surface area contributed by atoms with Crippen molar-refractivity contribution in [2.24, 2.45) is 5.92 Å². The lowest BCUT2D eigenvalue weighted by atomic mass is 9.88. The summed E-state index contributed by atoms with van der Waals surface area (Å²) in [6.07, 6.45) is 5.44. The number of para-hydroxylation sites is 1. The van der Waals surface area contributed by atoms with Crippen LogP contribution >= 0.6 is 0 Å². The van der Waals surface area contributed by atoms with Gasteiger partial charge in [0.15, 0.2) is 0 Å². The van der Waals surface area contributed by atoms with Gasteiger partial charge < -0.3 is 19.1 Å². The number of aromatic nitrogens is 1. The van der Waals surface area contributed by atoms with Crippen LogP contribution in [0.25, 0.3) is 16.9 Å². The van der Waals surface area contributed by atoms with Crippen LogP contribution < -0.4 is 4.74 Å². The number of nitrogens with zero attached hydrogens (tertiary/aromatic N) is 3. The summed E-state index contributed by atoms with van der Waals surface area (Å²) in [4.78, 5) is 30.4. The molecule has 1 saturated carbocycles. The normalized spacial score (nSPS) is 16.6. The topological polar surface area (TPSA) is 54.8 Å². The molecule has 2 amide bonds. The van der Waals surface area contributed by atoms with Gasteiger partial charge in [-0.15, -0.1) is 0 Å². The second kappa shape index (κ2) is 10.8. The van der Waals surface area contributed by atoms with Crippen molar-refractivity contribution in [2.75, 3.05) is 33.3 Å². The van der Waals surface area contributed by atoms with Crippen molar-refractivity contribution in [3.63, 3.8) is 0 Å². The Balaban J connectivity index is 1.41. The van der Waals surface area contributed by atoms with Crippen LogP contribution in [0.2, 0.25) is 0 Å². The molecule has 0 spiro atoms. The van der Waals surface area contributed by atoms with Crippen molar-refractivity contribution in [1.29, 1.82) is 0 Å². The number of hydrogen-bond donors (Lipinski definition) is 0. The van der Waals surface area contributed by atoms with Crippen molar-refractivity contribution in [1.82, 2.24) is 14.4 Å². The number of methoxy groups -OCH3 is 1. The summed E-state index contributed by atoms with van der Waals surface area (Å²) in [7, 11) is 1.61. The molecule has 7 heteroatoms. The predicted molar refractivity (Wildman–Crippen MR) is 142 cm³/mol. The molecule has 2 aliphatic rings. The van der Waals surface area contributed by atoms with E-state index in [1.54, 1.807) is 25.3 Å². The number of ether oxygens (including phenoxy) is 1. The van der Waals surface area contributed by atoms with Crippen molar-refractivity contribution in [3.05, 3.63) is 71.7 Å². The molecule has 5 rings (SSSR count). The van der Waals surface area contributed by atoms with Gasteiger partial charge >= 0.3 is 0 Å². The van der Waals surface area contributed by atoms with E-state index < -0.39 is 0 Å². The minimum Gasteiger partial charge on any atom is -0.497 e. The predicted octanol–water partition coefficient (Wildman–Crippen LogP) is 5.47. The Morgan fingerprint density at radius 3 is 2.19 bits per heavy atom. The van der Waals surface area contributed by atoms with E-state index in [9.17, 15) is 14.0 Å². The van der Waals surface area contributed by atoms with Crippen molar-refractivity contribution < 1.29 is 18.7 Å². The van der Waals surface area contributed by atoms with Gasteiger partial charge in [-0.25, -0.2) is 4.39 Å². The molecule has 2 aromatic carbocycles. The third kappa shape index (κ3) is 4.99. The van der Waals surface area contributed by atoms with Crippen molar-refractivity contribution in [2.45, 2.75) is 39.0 Å². The number of halogens is 1. The molecule has 0 radical (unpaired) electrons. The summed E-state index contributed by atoms with van der Waals surface area (Å²) in [5.74, 6) is 0.661. The monoisotopic (exact) mass is 503 g/mol. The highest BCUT2D eigenvalue weighted by molar-refractivity contribution is 5.97. The Labute approximate surface area is 217 Å². The fraction of sp³-hybridized carbons (Fsp3) is 0.400. The molecular formula is C30H34FN3O3. The van der Waals surface area contributed by atoms with Crippen LogP contribution in [0.1, 0.15) is 48.2 Å². The SMILES string of the molecule is COc1ccc(-c2cc(C(=O)N3CCN(C(=O)C4CCCCC4)CC3)c(C)n2-c2ccccc2F)cc1. The minimum absolute atomic E-state index is 0.0906. The van der Waals surface area contributed by atoms with E-state index in [-0.39, 0.29) is 23.5 Å². The van der Waals surface area contributed by atoms with E-state index in [2.05, 4.69) is 0 Å². The maximum absolute atomic E-state index is 14.9. The maximum Gasteiger partial charge on any atom is 0.255 e. The van der Waals surface area contributed by atoms with Gasteiger partial charge in [0.1, 0.15) is 11.6 Å². The lowest BCUT2D eigenvalue weighted by molar-refractivity contribution is -0.138. The zero-order valence-electron chi connectivity index (χ0n) is 21.6. The lowest BCUT2D eigenvalue weighted by Crippen LogP contribution is -2.52. The first-order valence-corrected chi connectivity index (χ1v) is 13.2. The van der Waals surface area contributed by atoms with Crippen molar-refractivity contribution in [3.8, 4) is 22.7 Å². The second-order valence-corrected chi connectivity index (χ2v) is 10.00. The van der Waals surface area contributed by atoms with Gasteiger partial charge in [-0.1, -0.05) is 31.4 Å². The fourth-order valence-corrected chi connectivity index (χ4v) is 5.65. The number of carbonyl (C=O) groups excluding carboxylic acids is 2. The van der Waals surface area contributed by atoms with Crippen LogP contribution in [-0.4, -0.2) is 59.5 Å². The molecule has 1 aliphatic carbocycles. The number of benzene rings is 2. The first-order valence-electron chi connectivity index (χ1n) is 13.2. The zero-order valence-corrected chi connectivity index (χ0v) is 21.6. The molecule has 0 unspecified atom stereocenters. The summed E-state index contributed by atoms with van der Waals surface area (Å²) in [5.41, 5.74) is 3.21. The molecule has 1 saturated heterocycles. The largest absolute Gasteiger partial charge is 0.497 e. The lowest BCUT2D eigenvalue weighted by Gasteiger charge is -2.37. The van der Waals surface area contributed by atoms with Crippen LogP contribution in [0.4, 0.5) is 4.39 Å². The van der Waals surface area contributed by atoms with Crippen LogP contribution in [-0.2, 0) is 4.79 Å². The Bertz CT molecular complexity index is 1270. The van der Waals surface area contributed by atoms with E-state index in [0.717, 1.165) is 42.7 Å². The summed E-state index contributed by atoms with van der Waals surface area (Å²) in [6.45, 7) is 3.97. The molecule has 0 bridgehead atoms. The smallest absolute Gasteiger partial charge is 0.255 e. The molecule has 194 valence electrons. The average molecular weight is 504 g/mol. The van der Waals surface area contributed by atoms with Gasteiger partial charge in [0, 0.05) is 37.8 Å². The van der Waals surface area contributed by atoms with Gasteiger partial charge in [-0.05, 0) is 67.8 Å². The molecule has 2 fully saturated rings. The van der Waals surface area contributed by atoms with Gasteiger partial charge in [-0.2, -0.15) is 0 Å². The highest BCUT2D eigenvalue weighted by Crippen LogP contribution is 2.32. The minimum atomic E-state index is -0.357. The van der Waals surface area contributed by atoms with Crippen molar-refractivity contribution >= 4 is 11.8 Å². The highest BCUT2D eigenvalue weighted by atomic mass is 19.1. The zero-order chi connectivity index (χ0) is 25.9. The summed E-state index contributed by atoms with van der Waals surface area (Å²) >= 11 is 0. The van der Waals surface area contributed by atoms with Gasteiger partial charge in [0.05, 0.1) is 24.1 Å². The molecule has 3 aromatic rings. The fourth-order valence-electron chi connectivity index (χ4n) is 5.65. The summed E-state index contributed by atoms with van der Waals surface area (Å²) in [5, 5.41) is 0. The molecule has 2 heterocycles. The number of rotatable bonds is 5. The first kappa shape index (κ1) is 25.1. The molecular weight excluding hydrogens is 469 g/mol. The second-order valence-electron chi connectivity index (χ2n) is 10.00. The van der Waals surface area contributed by atoms with Crippen LogP contribution in [0.5, 0.6) is 5.75 Å². The Morgan fingerprint density at radius 1 is 0.892 bits per heavy atom. The number of amides is 2. The first-order chi connectivity index (χ1) is 18.0. The number of carbonyl (C=O) groups is 2. The Morgan fingerprint density at radius 2 is 1.54 bits per heavy atom. The van der Waals surface area contributed by atoms with E-state index in [1.807, 2.05) is 51.6 Å². The van der Waals surface area contributed by atoms with Crippen LogP contribution in [0.3, 0.4) is 0 Å². The molecule has 6 nitrogen and oxygen atoms in total. The van der Waals surface area contributed by atoms with Gasteiger partial charge in [0.2, 0.25) is 5.91 Å². The van der Waals surface area contributed by atoms with Crippen LogP contribution in [0, 0.1) is 18.7 Å². The van der Waals surface area contributed by atoms with Gasteiger partial charge in [-0.3, -0.25) is 9.59 Å². The van der Waals surface area contributed by atoms with E-state index in [0.29, 0.717) is 43.1 Å². The Kier molecular flexibility index (Phi) is 7.31. The number of piperazine rings is 1. The Hall–Kier alpha value is -3.61. The molecule has 1 aromatic heterocycles. The average Bonchev–Trinajstić information content (AvgIpc) is 3.29. The summed E-state index contributed by atoms with van der Waals surface area (Å²) < 4.78 is 22.0. The third-order valence-corrected chi connectivity index (χ3v) is 7.79.